The molecule has 0 saturated carbocycles. The van der Waals surface area contributed by atoms with Crippen LogP contribution in [0.5, 0.6) is 0 Å². The van der Waals surface area contributed by atoms with Crippen LogP contribution < -0.4 is 5.32 Å². The number of amides is 1. The first kappa shape index (κ1) is 28.8. The molecule has 12 heteroatoms. The fourth-order valence-corrected chi connectivity index (χ4v) is 7.15. The largest absolute Gasteiger partial charge is 0.492 e. The van der Waals surface area contributed by atoms with Crippen LogP contribution in [-0.4, -0.2) is 116 Å². The van der Waals surface area contributed by atoms with E-state index in [0.29, 0.717) is 0 Å². The minimum atomic E-state index is -0.824. The van der Waals surface area contributed by atoms with Crippen molar-refractivity contribution in [2.75, 3.05) is 41.5 Å². The third-order valence-electron chi connectivity index (χ3n) is 9.06. The standard InChI is InChI=1S/C29H33N3O9/c1-11-22(34)14-8-15-21-19-20(23(35)12(2)27(40-6)25(19)37)28(41-7)17(31(21)4)10-32(15)16(9-30-29(38)13(3)33)18(14)24(36)26(11)39-5/h15-17,21,28H,8-10H2,1-7H3,(H,30,38)/t15-,16-,17-,21+,28+/m0/s1. The first-order chi connectivity index (χ1) is 19.4. The molecule has 41 heavy (non-hydrogen) atoms. The van der Waals surface area contributed by atoms with E-state index in [0.717, 1.165) is 6.92 Å². The molecule has 0 spiro atoms. The Kier molecular flexibility index (Phi) is 7.21. The number of piperazine rings is 1. The van der Waals surface area contributed by atoms with E-state index in [1.165, 1.54) is 28.3 Å². The predicted molar refractivity (Wildman–Crippen MR) is 142 cm³/mol. The van der Waals surface area contributed by atoms with Crippen molar-refractivity contribution in [1.82, 2.24) is 15.1 Å². The lowest BCUT2D eigenvalue weighted by atomic mass is 9.68. The van der Waals surface area contributed by atoms with E-state index in [-0.39, 0.29) is 76.0 Å². The normalized spacial score (nSPS) is 30.4. The number of rotatable bonds is 6. The van der Waals surface area contributed by atoms with Gasteiger partial charge in [-0.05, 0) is 27.3 Å². The van der Waals surface area contributed by atoms with E-state index < -0.39 is 53.5 Å². The summed E-state index contributed by atoms with van der Waals surface area (Å²) in [4.78, 5) is 82.9. The number of Topliss-reactive ketones (excluding diaryl/α,β-unsaturated/α-hetero) is 5. The molecule has 218 valence electrons. The van der Waals surface area contributed by atoms with Gasteiger partial charge in [-0.15, -0.1) is 0 Å². The van der Waals surface area contributed by atoms with Gasteiger partial charge >= 0.3 is 0 Å². The summed E-state index contributed by atoms with van der Waals surface area (Å²) in [6.07, 6.45) is -0.645. The molecule has 1 saturated heterocycles. The molecule has 2 bridgehead atoms. The summed E-state index contributed by atoms with van der Waals surface area (Å²) in [5.74, 6) is -3.20. The van der Waals surface area contributed by atoms with Crippen LogP contribution in [0.25, 0.3) is 0 Å². The number of allylic oxidation sites excluding steroid dienone is 4. The number of nitrogens with zero attached hydrogens (tertiary/aromatic N) is 2. The highest BCUT2D eigenvalue weighted by Gasteiger charge is 2.59. The Morgan fingerprint density at radius 2 is 1.44 bits per heavy atom. The molecule has 1 N–H and O–H groups in total. The minimum absolute atomic E-state index is 0.0407. The third kappa shape index (κ3) is 3.99. The number of ketones is 5. The van der Waals surface area contributed by atoms with Crippen molar-refractivity contribution in [1.29, 1.82) is 0 Å². The molecule has 12 nitrogen and oxygen atoms in total. The van der Waals surface area contributed by atoms with Crippen LogP contribution >= 0.6 is 0 Å². The van der Waals surface area contributed by atoms with Crippen LogP contribution in [0.2, 0.25) is 0 Å². The molecule has 5 atom stereocenters. The van der Waals surface area contributed by atoms with Crippen molar-refractivity contribution in [3.8, 4) is 0 Å². The summed E-state index contributed by atoms with van der Waals surface area (Å²) in [7, 11) is 5.98. The molecule has 0 aromatic heterocycles. The molecular formula is C29H33N3O9. The van der Waals surface area contributed by atoms with Crippen molar-refractivity contribution < 1.29 is 43.0 Å². The molecule has 0 unspecified atom stereocenters. The van der Waals surface area contributed by atoms with Gasteiger partial charge in [-0.2, -0.15) is 0 Å². The Bertz CT molecular complexity index is 1450. The number of methoxy groups -OCH3 is 3. The molecule has 0 radical (unpaired) electrons. The second-order valence-corrected chi connectivity index (χ2v) is 10.9. The molecule has 3 aliphatic heterocycles. The first-order valence-corrected chi connectivity index (χ1v) is 13.4. The zero-order valence-electron chi connectivity index (χ0n) is 24.1. The summed E-state index contributed by atoms with van der Waals surface area (Å²) >= 11 is 0. The molecule has 1 amide bonds. The van der Waals surface area contributed by atoms with Gasteiger partial charge < -0.3 is 19.5 Å². The number of nitrogens with one attached hydrogen (secondary N) is 1. The van der Waals surface area contributed by atoms with Crippen molar-refractivity contribution in [3.05, 3.63) is 45.0 Å². The van der Waals surface area contributed by atoms with Gasteiger partial charge in [-0.3, -0.25) is 38.6 Å². The number of fused-ring (bicyclic) bond motifs is 5. The second-order valence-electron chi connectivity index (χ2n) is 10.9. The quantitative estimate of drug-likeness (QED) is 0.330. The van der Waals surface area contributed by atoms with Crippen molar-refractivity contribution >= 4 is 34.8 Å². The molecule has 2 aliphatic carbocycles. The Morgan fingerprint density at radius 1 is 0.854 bits per heavy atom. The minimum Gasteiger partial charge on any atom is -0.492 e. The van der Waals surface area contributed by atoms with Crippen LogP contribution in [-0.2, 0) is 43.0 Å². The summed E-state index contributed by atoms with van der Waals surface area (Å²) in [5, 5.41) is 2.60. The van der Waals surface area contributed by atoms with Crippen LogP contribution in [0, 0.1) is 0 Å². The number of hydrogen-bond donors (Lipinski definition) is 1. The summed E-state index contributed by atoms with van der Waals surface area (Å²) in [5.41, 5.74) is 1.37. The van der Waals surface area contributed by atoms with Gasteiger partial charge in [0.2, 0.25) is 17.3 Å². The molecule has 3 heterocycles. The predicted octanol–water partition coefficient (Wildman–Crippen LogP) is -0.417. The Labute approximate surface area is 237 Å². The lowest BCUT2D eigenvalue weighted by Crippen LogP contribution is -2.74. The van der Waals surface area contributed by atoms with Crippen molar-refractivity contribution in [3.63, 3.8) is 0 Å². The highest BCUT2D eigenvalue weighted by Crippen LogP contribution is 2.47. The first-order valence-electron chi connectivity index (χ1n) is 13.4. The van der Waals surface area contributed by atoms with Gasteiger partial charge in [0.25, 0.3) is 5.91 Å². The van der Waals surface area contributed by atoms with Gasteiger partial charge in [0.05, 0.1) is 32.3 Å². The van der Waals surface area contributed by atoms with Gasteiger partial charge in [0, 0.05) is 66.6 Å². The number of hydrogen-bond acceptors (Lipinski definition) is 11. The zero-order chi connectivity index (χ0) is 30.1. The molecule has 5 rings (SSSR count). The number of carbonyl (C=O) groups excluding carboxylic acids is 6. The van der Waals surface area contributed by atoms with Gasteiger partial charge in [0.1, 0.15) is 6.10 Å². The van der Waals surface area contributed by atoms with E-state index in [2.05, 4.69) is 5.32 Å². The SMILES string of the molecule is COC1=C(C)C(=O)C2=C(C1=O)[C@H]1[C@@H]3CC4=C(C(=O)C(OC)=C(C)C4=O)[C@H](CNC(=O)C(C)=O)N3C[C@@H]([C@H]2OC)N1C. The van der Waals surface area contributed by atoms with E-state index >= 15 is 0 Å². The zero-order valence-corrected chi connectivity index (χ0v) is 24.1. The lowest BCUT2D eigenvalue weighted by Gasteiger charge is -2.59. The molecule has 0 aromatic carbocycles. The highest BCUT2D eigenvalue weighted by molar-refractivity contribution is 6.35. The summed E-state index contributed by atoms with van der Waals surface area (Å²) in [6, 6.07) is -2.40. The van der Waals surface area contributed by atoms with Gasteiger partial charge in [-0.1, -0.05) is 0 Å². The fourth-order valence-electron chi connectivity index (χ4n) is 7.15. The van der Waals surface area contributed by atoms with E-state index in [1.54, 1.807) is 6.92 Å². The van der Waals surface area contributed by atoms with Gasteiger partial charge in [-0.25, -0.2) is 0 Å². The monoisotopic (exact) mass is 567 g/mol. The summed E-state index contributed by atoms with van der Waals surface area (Å²) < 4.78 is 16.5. The second kappa shape index (κ2) is 10.3. The van der Waals surface area contributed by atoms with Crippen molar-refractivity contribution in [2.24, 2.45) is 0 Å². The number of carbonyl (C=O) groups is 6. The van der Waals surface area contributed by atoms with Crippen molar-refractivity contribution in [2.45, 2.75) is 57.5 Å². The maximum atomic E-state index is 13.9. The molecular weight excluding hydrogens is 534 g/mol. The molecule has 5 aliphatic rings. The Morgan fingerprint density at radius 3 is 2.00 bits per heavy atom. The highest BCUT2D eigenvalue weighted by atomic mass is 16.5. The third-order valence-corrected chi connectivity index (χ3v) is 9.06. The molecule has 1 fully saturated rings. The topological polar surface area (TPSA) is 149 Å². The van der Waals surface area contributed by atoms with Crippen LogP contribution in [0.3, 0.4) is 0 Å². The smallest absolute Gasteiger partial charge is 0.287 e. The van der Waals surface area contributed by atoms with E-state index in [9.17, 15) is 28.8 Å². The van der Waals surface area contributed by atoms with Crippen LogP contribution in [0.4, 0.5) is 0 Å². The number of likely N-dealkylation sites (N-methyl/N-ethyl adjacent to an activating group) is 1. The van der Waals surface area contributed by atoms with Gasteiger partial charge in [0.15, 0.2) is 23.1 Å². The number of ether oxygens (including phenoxy) is 3. The van der Waals surface area contributed by atoms with E-state index in [1.807, 2.05) is 16.8 Å². The average molecular weight is 568 g/mol. The summed E-state index contributed by atoms with van der Waals surface area (Å²) in [6.45, 7) is 4.37. The van der Waals surface area contributed by atoms with E-state index in [4.69, 9.17) is 14.2 Å². The van der Waals surface area contributed by atoms with Crippen LogP contribution in [0.1, 0.15) is 27.2 Å². The Hall–Kier alpha value is -3.74. The Balaban J connectivity index is 1.69. The fraction of sp³-hybridized carbons (Fsp3) is 0.517. The lowest BCUT2D eigenvalue weighted by molar-refractivity contribution is -0.137. The van der Waals surface area contributed by atoms with Crippen LogP contribution in [0.15, 0.2) is 45.0 Å². The molecule has 0 aromatic rings. The maximum Gasteiger partial charge on any atom is 0.287 e. The average Bonchev–Trinajstić information content (AvgIpc) is 2.93. The maximum absolute atomic E-state index is 13.9.